The van der Waals surface area contributed by atoms with Crippen LogP contribution in [0.2, 0.25) is 0 Å². The van der Waals surface area contributed by atoms with Gasteiger partial charge in [-0.3, -0.25) is 0 Å². The highest BCUT2D eigenvalue weighted by Crippen LogP contribution is 2.32. The van der Waals surface area contributed by atoms with Crippen molar-refractivity contribution in [2.75, 3.05) is 23.4 Å². The zero-order valence-corrected chi connectivity index (χ0v) is 12.6. The number of fused-ring (bicyclic) bond motifs is 1. The van der Waals surface area contributed by atoms with E-state index in [-0.39, 0.29) is 0 Å². The summed E-state index contributed by atoms with van der Waals surface area (Å²) in [4.78, 5) is 3.76. The van der Waals surface area contributed by atoms with Gasteiger partial charge < -0.3 is 10.6 Å². The summed E-state index contributed by atoms with van der Waals surface area (Å²) in [5, 5.41) is 0. The van der Waals surface area contributed by atoms with Crippen LogP contribution in [0.1, 0.15) is 17.5 Å². The average Bonchev–Trinajstić information content (AvgIpc) is 2.49. The molecule has 0 radical (unpaired) electrons. The summed E-state index contributed by atoms with van der Waals surface area (Å²) in [7, 11) is 0. The summed E-state index contributed by atoms with van der Waals surface area (Å²) in [6, 6.07) is 15.1. The molecule has 0 aliphatic carbocycles. The second-order valence-corrected chi connectivity index (χ2v) is 6.10. The largest absolute Gasteiger partial charge is 0.398 e. The van der Waals surface area contributed by atoms with Crippen LogP contribution in [0.4, 0.5) is 11.4 Å². The van der Waals surface area contributed by atoms with E-state index >= 15 is 0 Å². The zero-order chi connectivity index (χ0) is 13.9. The number of anilines is 2. The Labute approximate surface area is 125 Å². The van der Waals surface area contributed by atoms with Crippen molar-refractivity contribution in [3.8, 4) is 0 Å². The molecule has 104 valence electrons. The Bertz CT molecular complexity index is 592. The number of hydrogen-bond donors (Lipinski definition) is 1. The molecule has 0 saturated carbocycles. The molecule has 0 amide bonds. The first-order valence-corrected chi connectivity index (χ1v) is 8.25. The van der Waals surface area contributed by atoms with E-state index in [0.717, 1.165) is 25.2 Å². The Balaban J connectivity index is 1.83. The van der Waals surface area contributed by atoms with Gasteiger partial charge in [-0.2, -0.15) is 0 Å². The maximum absolute atomic E-state index is 6.11. The van der Waals surface area contributed by atoms with Gasteiger partial charge in [-0.25, -0.2) is 0 Å². The van der Waals surface area contributed by atoms with Crippen molar-refractivity contribution < 1.29 is 0 Å². The third-order valence-corrected chi connectivity index (χ3v) is 4.66. The maximum Gasteiger partial charge on any atom is 0.0429 e. The Morgan fingerprint density at radius 1 is 1.15 bits per heavy atom. The lowest BCUT2D eigenvalue weighted by atomic mass is 9.99. The summed E-state index contributed by atoms with van der Waals surface area (Å²) in [6.07, 6.45) is 4.40. The molecule has 2 N–H and O–H groups in total. The van der Waals surface area contributed by atoms with Gasteiger partial charge in [-0.15, -0.1) is 11.8 Å². The molecule has 0 spiro atoms. The molecule has 0 saturated heterocycles. The Morgan fingerprint density at radius 3 is 2.70 bits per heavy atom. The lowest BCUT2D eigenvalue weighted by Crippen LogP contribution is -2.29. The Hall–Kier alpha value is -1.61. The number of hydrogen-bond acceptors (Lipinski definition) is 3. The van der Waals surface area contributed by atoms with Crippen LogP contribution in [-0.4, -0.2) is 12.8 Å². The van der Waals surface area contributed by atoms with Crippen molar-refractivity contribution in [1.29, 1.82) is 0 Å². The van der Waals surface area contributed by atoms with E-state index in [9.17, 15) is 0 Å². The van der Waals surface area contributed by atoms with Gasteiger partial charge in [-0.1, -0.05) is 18.2 Å². The predicted octanol–water partition coefficient (Wildman–Crippen LogP) is 3.94. The zero-order valence-electron chi connectivity index (χ0n) is 11.8. The molecule has 0 fully saturated rings. The highest BCUT2D eigenvalue weighted by atomic mass is 32.2. The molecule has 0 unspecified atom stereocenters. The van der Waals surface area contributed by atoms with E-state index in [4.69, 9.17) is 5.73 Å². The van der Waals surface area contributed by atoms with E-state index in [1.54, 1.807) is 11.8 Å². The summed E-state index contributed by atoms with van der Waals surface area (Å²) < 4.78 is 0. The smallest absolute Gasteiger partial charge is 0.0429 e. The van der Waals surface area contributed by atoms with Gasteiger partial charge in [-0.05, 0) is 54.5 Å². The molecule has 3 rings (SSSR count). The van der Waals surface area contributed by atoms with Crippen molar-refractivity contribution >= 4 is 23.1 Å². The third kappa shape index (κ3) is 2.63. The molecule has 20 heavy (non-hydrogen) atoms. The summed E-state index contributed by atoms with van der Waals surface area (Å²) in [5.74, 6) is 0. The van der Waals surface area contributed by atoms with E-state index in [1.807, 2.05) is 6.07 Å². The molecule has 1 aliphatic heterocycles. The molecule has 2 aromatic carbocycles. The number of nitrogens with two attached hydrogens (primary N) is 1. The predicted molar refractivity (Wildman–Crippen MR) is 88.4 cm³/mol. The number of rotatable bonds is 3. The summed E-state index contributed by atoms with van der Waals surface area (Å²) in [5.41, 5.74) is 11.0. The van der Waals surface area contributed by atoms with Crippen molar-refractivity contribution in [2.45, 2.75) is 24.3 Å². The van der Waals surface area contributed by atoms with Gasteiger partial charge in [0.2, 0.25) is 0 Å². The van der Waals surface area contributed by atoms with Crippen molar-refractivity contribution in [3.05, 3.63) is 53.6 Å². The van der Waals surface area contributed by atoms with Gasteiger partial charge in [0.15, 0.2) is 0 Å². The maximum atomic E-state index is 6.11. The van der Waals surface area contributed by atoms with Gasteiger partial charge >= 0.3 is 0 Å². The molecule has 2 nitrogen and oxygen atoms in total. The van der Waals surface area contributed by atoms with E-state index < -0.39 is 0 Å². The molecule has 1 aliphatic rings. The van der Waals surface area contributed by atoms with Crippen LogP contribution >= 0.6 is 11.8 Å². The van der Waals surface area contributed by atoms with Crippen LogP contribution < -0.4 is 10.6 Å². The first kappa shape index (κ1) is 13.4. The second kappa shape index (κ2) is 5.80. The van der Waals surface area contributed by atoms with Crippen molar-refractivity contribution in [1.82, 2.24) is 0 Å². The first-order valence-electron chi connectivity index (χ1n) is 7.03. The van der Waals surface area contributed by atoms with E-state index in [0.29, 0.717) is 0 Å². The number of nitrogens with zero attached hydrogens (tertiary/aromatic N) is 1. The normalized spacial score (nSPS) is 14.2. The average molecular weight is 284 g/mol. The quantitative estimate of drug-likeness (QED) is 0.683. The molecule has 0 aromatic heterocycles. The highest BCUT2D eigenvalue weighted by molar-refractivity contribution is 7.98. The molecule has 0 bridgehead atoms. The minimum atomic E-state index is 0.935. The number of thioether (sulfide) groups is 1. The van der Waals surface area contributed by atoms with Crippen LogP contribution in [0.3, 0.4) is 0 Å². The number of benzene rings is 2. The molecular formula is C17H20N2S. The van der Waals surface area contributed by atoms with Gasteiger partial charge in [0.1, 0.15) is 0 Å². The van der Waals surface area contributed by atoms with Gasteiger partial charge in [0.05, 0.1) is 0 Å². The Kier molecular flexibility index (Phi) is 3.88. The first-order chi connectivity index (χ1) is 9.78. The van der Waals surface area contributed by atoms with Crippen molar-refractivity contribution in [3.63, 3.8) is 0 Å². The summed E-state index contributed by atoms with van der Waals surface area (Å²) >= 11 is 1.78. The monoisotopic (exact) mass is 284 g/mol. The molecule has 2 aromatic rings. The third-order valence-electron chi connectivity index (χ3n) is 3.92. The Morgan fingerprint density at radius 2 is 1.95 bits per heavy atom. The summed E-state index contributed by atoms with van der Waals surface area (Å²) in [6.45, 7) is 2.08. The topological polar surface area (TPSA) is 29.3 Å². The van der Waals surface area contributed by atoms with Crippen LogP contribution in [0, 0.1) is 0 Å². The minimum absolute atomic E-state index is 0.935. The van der Waals surface area contributed by atoms with Gasteiger partial charge in [0, 0.05) is 29.4 Å². The highest BCUT2D eigenvalue weighted by Gasteiger charge is 2.18. The van der Waals surface area contributed by atoms with E-state index in [2.05, 4.69) is 47.6 Å². The lowest BCUT2D eigenvalue weighted by molar-refractivity contribution is 0.692. The van der Waals surface area contributed by atoms with Gasteiger partial charge in [0.25, 0.3) is 0 Å². The van der Waals surface area contributed by atoms with Crippen LogP contribution in [0.15, 0.2) is 47.4 Å². The standard InChI is InChI=1S/C17H20N2S/c1-20-14-9-7-13(8-10-14)12-19-11-3-4-15-16(18)5-2-6-17(15)19/h2,5-10H,3-4,11-12,18H2,1H3. The SMILES string of the molecule is CSc1ccc(CN2CCCc3c(N)cccc32)cc1. The fraction of sp³-hybridized carbons (Fsp3) is 0.294. The molecule has 3 heteroatoms. The molecule has 1 heterocycles. The van der Waals surface area contributed by atoms with Crippen LogP contribution in [0.25, 0.3) is 0 Å². The number of nitrogen functional groups attached to an aromatic ring is 1. The molecule has 0 atom stereocenters. The van der Waals surface area contributed by atoms with Crippen LogP contribution in [0.5, 0.6) is 0 Å². The second-order valence-electron chi connectivity index (χ2n) is 5.22. The lowest BCUT2D eigenvalue weighted by Gasteiger charge is -2.32. The molecular weight excluding hydrogens is 264 g/mol. The van der Waals surface area contributed by atoms with Crippen LogP contribution in [-0.2, 0) is 13.0 Å². The van der Waals surface area contributed by atoms with Crippen molar-refractivity contribution in [2.24, 2.45) is 0 Å². The van der Waals surface area contributed by atoms with E-state index in [1.165, 1.54) is 28.1 Å². The fourth-order valence-electron chi connectivity index (χ4n) is 2.84. The fourth-order valence-corrected chi connectivity index (χ4v) is 3.25. The minimum Gasteiger partial charge on any atom is -0.398 e.